The van der Waals surface area contributed by atoms with E-state index < -0.39 is 0 Å². The fourth-order valence-electron chi connectivity index (χ4n) is 2.85. The van der Waals surface area contributed by atoms with E-state index in [0.717, 1.165) is 29.0 Å². The maximum Gasteiger partial charge on any atom is 0.253 e. The van der Waals surface area contributed by atoms with Gasteiger partial charge < -0.3 is 14.8 Å². The predicted molar refractivity (Wildman–Crippen MR) is 99.0 cm³/mol. The number of halogens is 2. The van der Waals surface area contributed by atoms with E-state index >= 15 is 0 Å². The zero-order chi connectivity index (χ0) is 18.0. The van der Waals surface area contributed by atoms with E-state index in [1.807, 2.05) is 26.0 Å². The van der Waals surface area contributed by atoms with Crippen LogP contribution in [-0.2, 0) is 13.0 Å². The lowest BCUT2D eigenvalue weighted by atomic mass is 10.1. The maximum absolute atomic E-state index is 12.4. The summed E-state index contributed by atoms with van der Waals surface area (Å²) in [5, 5.41) is 3.69. The molecular formula is C19H19Cl2NO3. The number of carbonyl (C=O) groups excluding carboxylic acids is 1. The topological polar surface area (TPSA) is 47.6 Å². The minimum Gasteiger partial charge on any atom is -0.494 e. The average Bonchev–Trinajstić information content (AvgIpc) is 2.93. The van der Waals surface area contributed by atoms with Crippen molar-refractivity contribution in [2.45, 2.75) is 32.9 Å². The fraction of sp³-hybridized carbons (Fsp3) is 0.316. The third kappa shape index (κ3) is 4.02. The Bertz CT molecular complexity index is 807. The minimum atomic E-state index is -0.287. The normalized spacial score (nSPS) is 15.4. The summed E-state index contributed by atoms with van der Waals surface area (Å²) in [7, 11) is 0. The Morgan fingerprint density at radius 3 is 2.88 bits per heavy atom. The molecule has 0 unspecified atom stereocenters. The molecule has 0 bridgehead atoms. The van der Waals surface area contributed by atoms with Crippen molar-refractivity contribution in [1.82, 2.24) is 5.32 Å². The molecule has 1 atom stereocenters. The molecule has 0 aliphatic carbocycles. The zero-order valence-electron chi connectivity index (χ0n) is 14.1. The first-order valence-electron chi connectivity index (χ1n) is 8.16. The second kappa shape index (κ2) is 7.54. The maximum atomic E-state index is 12.4. The molecule has 1 aliphatic rings. The van der Waals surface area contributed by atoms with E-state index in [-0.39, 0.29) is 12.0 Å². The Balaban J connectivity index is 1.79. The second-order valence-corrected chi connectivity index (χ2v) is 6.78. The zero-order valence-corrected chi connectivity index (χ0v) is 15.6. The van der Waals surface area contributed by atoms with Crippen LogP contribution in [0.25, 0.3) is 0 Å². The van der Waals surface area contributed by atoms with E-state index in [0.29, 0.717) is 28.8 Å². The standard InChI is InChI=1S/C19H19Cl2NO3/c1-3-24-17-7-12-6-11(2)25-18(12)8-13(17)10-22-19(23)15-9-14(20)4-5-16(15)21/h4-5,7-9,11H,3,6,10H2,1-2H3,(H,22,23)/t11-/m0/s1. The van der Waals surface area contributed by atoms with Crippen LogP contribution in [-0.4, -0.2) is 18.6 Å². The lowest BCUT2D eigenvalue weighted by molar-refractivity contribution is 0.0950. The van der Waals surface area contributed by atoms with Crippen LogP contribution in [0.5, 0.6) is 11.5 Å². The molecule has 132 valence electrons. The molecule has 1 amide bonds. The van der Waals surface area contributed by atoms with Crippen LogP contribution in [0.1, 0.15) is 35.3 Å². The van der Waals surface area contributed by atoms with Crippen LogP contribution in [0.2, 0.25) is 10.0 Å². The van der Waals surface area contributed by atoms with Crippen molar-refractivity contribution in [3.63, 3.8) is 0 Å². The number of fused-ring (bicyclic) bond motifs is 1. The Kier molecular flexibility index (Phi) is 5.40. The molecule has 0 radical (unpaired) electrons. The Labute approximate surface area is 157 Å². The summed E-state index contributed by atoms with van der Waals surface area (Å²) in [6, 6.07) is 8.73. The molecule has 4 nitrogen and oxygen atoms in total. The highest BCUT2D eigenvalue weighted by molar-refractivity contribution is 6.35. The van der Waals surface area contributed by atoms with E-state index in [1.165, 1.54) is 0 Å². The van der Waals surface area contributed by atoms with Crippen LogP contribution in [0.15, 0.2) is 30.3 Å². The minimum absolute atomic E-state index is 0.152. The molecule has 1 heterocycles. The molecule has 3 rings (SSSR count). The van der Waals surface area contributed by atoms with Gasteiger partial charge in [-0.15, -0.1) is 0 Å². The van der Waals surface area contributed by atoms with Crippen molar-refractivity contribution in [2.75, 3.05) is 6.61 Å². The largest absolute Gasteiger partial charge is 0.494 e. The molecule has 0 saturated heterocycles. The summed E-state index contributed by atoms with van der Waals surface area (Å²) >= 11 is 12.0. The van der Waals surface area contributed by atoms with Gasteiger partial charge in [-0.3, -0.25) is 4.79 Å². The van der Waals surface area contributed by atoms with Gasteiger partial charge in [-0.2, -0.15) is 0 Å². The Hall–Kier alpha value is -1.91. The molecule has 2 aromatic carbocycles. The summed E-state index contributed by atoms with van der Waals surface area (Å²) in [5.41, 5.74) is 2.34. The Morgan fingerprint density at radius 1 is 1.32 bits per heavy atom. The van der Waals surface area contributed by atoms with Crippen LogP contribution in [0.4, 0.5) is 0 Å². The smallest absolute Gasteiger partial charge is 0.253 e. The number of amides is 1. The number of rotatable bonds is 5. The van der Waals surface area contributed by atoms with Gasteiger partial charge >= 0.3 is 0 Å². The highest BCUT2D eigenvalue weighted by atomic mass is 35.5. The van der Waals surface area contributed by atoms with Crippen molar-refractivity contribution in [1.29, 1.82) is 0 Å². The van der Waals surface area contributed by atoms with E-state index in [4.69, 9.17) is 32.7 Å². The van der Waals surface area contributed by atoms with Gasteiger partial charge in [0.2, 0.25) is 0 Å². The third-order valence-corrected chi connectivity index (χ3v) is 4.56. The van der Waals surface area contributed by atoms with E-state index in [9.17, 15) is 4.79 Å². The molecule has 0 aromatic heterocycles. The second-order valence-electron chi connectivity index (χ2n) is 5.94. The molecule has 1 aliphatic heterocycles. The van der Waals surface area contributed by atoms with Gasteiger partial charge in [0.25, 0.3) is 5.91 Å². The lowest BCUT2D eigenvalue weighted by Crippen LogP contribution is -2.23. The number of hydrogen-bond donors (Lipinski definition) is 1. The summed E-state index contributed by atoms with van der Waals surface area (Å²) < 4.78 is 11.5. The van der Waals surface area contributed by atoms with Crippen molar-refractivity contribution in [3.05, 3.63) is 57.1 Å². The van der Waals surface area contributed by atoms with Gasteiger partial charge in [0.1, 0.15) is 17.6 Å². The van der Waals surface area contributed by atoms with Crippen LogP contribution >= 0.6 is 23.2 Å². The van der Waals surface area contributed by atoms with Gasteiger partial charge in [-0.1, -0.05) is 23.2 Å². The SMILES string of the molecule is CCOc1cc2c(cc1CNC(=O)c1cc(Cl)ccc1Cl)O[C@@H](C)C2. The molecule has 0 spiro atoms. The number of hydrogen-bond acceptors (Lipinski definition) is 3. The van der Waals surface area contributed by atoms with Crippen molar-refractivity contribution < 1.29 is 14.3 Å². The van der Waals surface area contributed by atoms with Crippen molar-refractivity contribution in [2.24, 2.45) is 0 Å². The van der Waals surface area contributed by atoms with Crippen LogP contribution < -0.4 is 14.8 Å². The molecule has 6 heteroatoms. The first-order valence-corrected chi connectivity index (χ1v) is 8.92. The molecule has 0 saturated carbocycles. The van der Waals surface area contributed by atoms with Crippen LogP contribution in [0.3, 0.4) is 0 Å². The van der Waals surface area contributed by atoms with Gasteiger partial charge in [0.15, 0.2) is 0 Å². The van der Waals surface area contributed by atoms with Gasteiger partial charge in [-0.25, -0.2) is 0 Å². The average molecular weight is 380 g/mol. The summed E-state index contributed by atoms with van der Waals surface area (Å²) in [5.74, 6) is 1.32. The monoisotopic (exact) mass is 379 g/mol. The lowest BCUT2D eigenvalue weighted by Gasteiger charge is -2.14. The number of nitrogens with one attached hydrogen (secondary N) is 1. The highest BCUT2D eigenvalue weighted by Crippen LogP contribution is 2.35. The highest BCUT2D eigenvalue weighted by Gasteiger charge is 2.22. The number of ether oxygens (including phenoxy) is 2. The molecule has 2 aromatic rings. The van der Waals surface area contributed by atoms with Crippen LogP contribution in [0, 0.1) is 0 Å². The summed E-state index contributed by atoms with van der Waals surface area (Å²) in [6.45, 7) is 4.82. The number of benzene rings is 2. The predicted octanol–water partition coefficient (Wildman–Crippen LogP) is 4.65. The first-order chi connectivity index (χ1) is 12.0. The quantitative estimate of drug-likeness (QED) is 0.822. The molecule has 0 fully saturated rings. The van der Waals surface area contributed by atoms with Gasteiger partial charge in [0, 0.05) is 29.1 Å². The summed E-state index contributed by atoms with van der Waals surface area (Å²) in [6.07, 6.45) is 1.01. The van der Waals surface area contributed by atoms with Gasteiger partial charge in [-0.05, 0) is 44.2 Å². The number of carbonyl (C=O) groups is 1. The van der Waals surface area contributed by atoms with E-state index in [2.05, 4.69) is 5.32 Å². The molecule has 25 heavy (non-hydrogen) atoms. The fourth-order valence-corrected chi connectivity index (χ4v) is 3.23. The molecule has 1 N–H and O–H groups in total. The first kappa shape index (κ1) is 17.9. The summed E-state index contributed by atoms with van der Waals surface area (Å²) in [4.78, 5) is 12.4. The van der Waals surface area contributed by atoms with E-state index in [1.54, 1.807) is 18.2 Å². The Morgan fingerprint density at radius 2 is 2.12 bits per heavy atom. The van der Waals surface area contributed by atoms with Crippen molar-refractivity contribution in [3.8, 4) is 11.5 Å². The van der Waals surface area contributed by atoms with Crippen molar-refractivity contribution >= 4 is 29.1 Å². The third-order valence-electron chi connectivity index (χ3n) is 3.99. The molecular weight excluding hydrogens is 361 g/mol. The van der Waals surface area contributed by atoms with Gasteiger partial charge in [0.05, 0.1) is 17.2 Å².